The van der Waals surface area contributed by atoms with Crippen LogP contribution in [0.4, 0.5) is 0 Å². The van der Waals surface area contributed by atoms with E-state index in [1.165, 1.54) is 23.1 Å². The van der Waals surface area contributed by atoms with Crippen LogP contribution >= 0.6 is 0 Å². The lowest BCUT2D eigenvalue weighted by atomic mass is 10.1. The van der Waals surface area contributed by atoms with E-state index in [4.69, 9.17) is 4.42 Å². The van der Waals surface area contributed by atoms with Crippen molar-refractivity contribution >= 4 is 10.0 Å². The lowest BCUT2D eigenvalue weighted by molar-refractivity contribution is 0.118. The largest absolute Gasteiger partial charge is 0.467 e. The summed E-state index contributed by atoms with van der Waals surface area (Å²) in [6.07, 6.45) is 5.16. The molecule has 0 unspecified atom stereocenters. The molecule has 7 nitrogen and oxygen atoms in total. The van der Waals surface area contributed by atoms with E-state index in [2.05, 4.69) is 9.97 Å². The summed E-state index contributed by atoms with van der Waals surface area (Å²) in [5, 5.41) is 10.2. The summed E-state index contributed by atoms with van der Waals surface area (Å²) >= 11 is 0. The molecule has 1 fully saturated rings. The monoisotopic (exact) mass is 311 g/mol. The number of nitrogens with one attached hydrogen (secondary N) is 1. The molecule has 114 valence electrons. The van der Waals surface area contributed by atoms with Crippen LogP contribution in [0.1, 0.15) is 31.1 Å². The second-order valence-corrected chi connectivity index (χ2v) is 6.95. The molecular weight excluding hydrogens is 294 g/mol. The molecule has 3 heterocycles. The fourth-order valence-corrected chi connectivity index (χ4v) is 4.33. The minimum absolute atomic E-state index is 0.0851. The molecule has 0 amide bonds. The van der Waals surface area contributed by atoms with E-state index >= 15 is 0 Å². The molecule has 0 aliphatic carbocycles. The Balaban J connectivity index is 1.77. The lowest BCUT2D eigenvalue weighted by Crippen LogP contribution is -2.36. The zero-order valence-electron chi connectivity index (χ0n) is 11.3. The van der Waals surface area contributed by atoms with Crippen molar-refractivity contribution in [1.29, 1.82) is 0 Å². The molecule has 8 heteroatoms. The Kier molecular flexibility index (Phi) is 3.83. The number of sulfonamides is 1. The normalized spacial score (nSPS) is 21.7. The minimum atomic E-state index is -3.59. The summed E-state index contributed by atoms with van der Waals surface area (Å²) in [5.41, 5.74) is 0. The van der Waals surface area contributed by atoms with Crippen LogP contribution in [0.15, 0.2) is 40.4 Å². The molecule has 0 bridgehead atoms. The lowest BCUT2D eigenvalue weighted by Gasteiger charge is -2.24. The third-order valence-electron chi connectivity index (χ3n) is 3.75. The Labute approximate surface area is 122 Å². The standard InChI is InChI=1S/C13H17N3O4S/c17-11(12-4-2-6-20-12)7-10-3-1-5-16(10)21(18,19)13-8-14-9-15-13/h2,4,6,8-11,17H,1,3,5,7H2,(H,14,15)/t10-,11+/m0/s1. The molecular formula is C13H17N3O4S. The topological polar surface area (TPSA) is 99.4 Å². The number of furan rings is 1. The summed E-state index contributed by atoms with van der Waals surface area (Å²) < 4.78 is 31.6. The highest BCUT2D eigenvalue weighted by Crippen LogP contribution is 2.31. The Morgan fingerprint density at radius 1 is 1.57 bits per heavy atom. The smallest absolute Gasteiger partial charge is 0.260 e. The molecule has 1 aliphatic rings. The van der Waals surface area contributed by atoms with Crippen LogP contribution in [0.25, 0.3) is 0 Å². The van der Waals surface area contributed by atoms with Crippen LogP contribution < -0.4 is 0 Å². The number of nitrogens with zero attached hydrogens (tertiary/aromatic N) is 2. The molecule has 0 saturated carbocycles. The number of aliphatic hydroxyl groups is 1. The van der Waals surface area contributed by atoms with Crippen molar-refractivity contribution in [3.05, 3.63) is 36.7 Å². The van der Waals surface area contributed by atoms with Crippen LogP contribution in [-0.4, -0.2) is 40.4 Å². The maximum atomic E-state index is 12.5. The SMILES string of the molecule is O=S(=O)(c1cnc[nH]1)N1CCC[C@H]1C[C@@H](O)c1ccco1. The minimum Gasteiger partial charge on any atom is -0.467 e. The second kappa shape index (κ2) is 5.63. The van der Waals surface area contributed by atoms with E-state index in [0.29, 0.717) is 18.7 Å². The summed E-state index contributed by atoms with van der Waals surface area (Å²) in [6.45, 7) is 0.455. The molecule has 2 N–H and O–H groups in total. The zero-order chi connectivity index (χ0) is 14.9. The summed E-state index contributed by atoms with van der Waals surface area (Å²) in [5.74, 6) is 0.459. The van der Waals surface area contributed by atoms with E-state index < -0.39 is 16.1 Å². The van der Waals surface area contributed by atoms with Gasteiger partial charge in [-0.15, -0.1) is 0 Å². The van der Waals surface area contributed by atoms with Crippen molar-refractivity contribution < 1.29 is 17.9 Å². The van der Waals surface area contributed by atoms with Gasteiger partial charge in [0.25, 0.3) is 10.0 Å². The Hall–Kier alpha value is -1.64. The van der Waals surface area contributed by atoms with E-state index in [0.717, 1.165) is 12.8 Å². The van der Waals surface area contributed by atoms with E-state index in [1.54, 1.807) is 12.1 Å². The first-order valence-electron chi connectivity index (χ1n) is 6.80. The number of aromatic amines is 1. The van der Waals surface area contributed by atoms with Crippen LogP contribution in [-0.2, 0) is 10.0 Å². The van der Waals surface area contributed by atoms with Crippen molar-refractivity contribution in [2.45, 2.75) is 36.4 Å². The van der Waals surface area contributed by atoms with Crippen LogP contribution in [0.2, 0.25) is 0 Å². The third-order valence-corrected chi connectivity index (χ3v) is 5.63. The van der Waals surface area contributed by atoms with Gasteiger partial charge in [-0.1, -0.05) is 0 Å². The maximum Gasteiger partial charge on any atom is 0.260 e. The number of H-pyrrole nitrogens is 1. The third kappa shape index (κ3) is 2.74. The molecule has 21 heavy (non-hydrogen) atoms. The number of imidazole rings is 1. The van der Waals surface area contributed by atoms with Gasteiger partial charge in [0.05, 0.1) is 18.8 Å². The highest BCUT2D eigenvalue weighted by molar-refractivity contribution is 7.89. The van der Waals surface area contributed by atoms with Crippen molar-refractivity contribution in [2.24, 2.45) is 0 Å². The highest BCUT2D eigenvalue weighted by atomic mass is 32.2. The van der Waals surface area contributed by atoms with Crippen molar-refractivity contribution in [1.82, 2.24) is 14.3 Å². The van der Waals surface area contributed by atoms with E-state index in [1.807, 2.05) is 0 Å². The number of hydrogen-bond acceptors (Lipinski definition) is 5. The summed E-state index contributed by atoms with van der Waals surface area (Å²) in [7, 11) is -3.59. The molecule has 2 atom stereocenters. The molecule has 0 aromatic carbocycles. The van der Waals surface area contributed by atoms with Gasteiger partial charge in [0.2, 0.25) is 0 Å². The number of rotatable bonds is 5. The molecule has 3 rings (SSSR count). The van der Waals surface area contributed by atoms with Crippen molar-refractivity contribution in [3.8, 4) is 0 Å². The van der Waals surface area contributed by atoms with Gasteiger partial charge < -0.3 is 14.5 Å². The number of aliphatic hydroxyl groups excluding tert-OH is 1. The van der Waals surface area contributed by atoms with Gasteiger partial charge in [-0.3, -0.25) is 0 Å². The quantitative estimate of drug-likeness (QED) is 0.866. The van der Waals surface area contributed by atoms with E-state index in [-0.39, 0.29) is 11.1 Å². The second-order valence-electron chi connectivity index (χ2n) is 5.09. The maximum absolute atomic E-state index is 12.5. The number of hydrogen-bond donors (Lipinski definition) is 2. The molecule has 0 radical (unpaired) electrons. The first-order chi connectivity index (χ1) is 10.1. The molecule has 2 aromatic heterocycles. The predicted octanol–water partition coefficient (Wildman–Crippen LogP) is 1.28. The first-order valence-corrected chi connectivity index (χ1v) is 8.25. The molecule has 1 aliphatic heterocycles. The molecule has 0 spiro atoms. The van der Waals surface area contributed by atoms with Gasteiger partial charge in [-0.05, 0) is 31.4 Å². The van der Waals surface area contributed by atoms with Crippen molar-refractivity contribution in [3.63, 3.8) is 0 Å². The van der Waals surface area contributed by atoms with Gasteiger partial charge in [0.15, 0.2) is 5.03 Å². The first kappa shape index (κ1) is 14.3. The van der Waals surface area contributed by atoms with Crippen LogP contribution in [0, 0.1) is 0 Å². The Bertz CT molecular complexity index is 666. The zero-order valence-corrected chi connectivity index (χ0v) is 12.2. The van der Waals surface area contributed by atoms with Crippen LogP contribution in [0.5, 0.6) is 0 Å². The molecule has 1 saturated heterocycles. The van der Waals surface area contributed by atoms with Gasteiger partial charge >= 0.3 is 0 Å². The predicted molar refractivity (Wildman–Crippen MR) is 73.8 cm³/mol. The summed E-state index contributed by atoms with van der Waals surface area (Å²) in [6, 6.07) is 3.15. The van der Waals surface area contributed by atoms with Gasteiger partial charge in [0, 0.05) is 12.6 Å². The average Bonchev–Trinajstić information content (AvgIpc) is 3.20. The van der Waals surface area contributed by atoms with Gasteiger partial charge in [-0.2, -0.15) is 4.31 Å². The average molecular weight is 311 g/mol. The van der Waals surface area contributed by atoms with Crippen molar-refractivity contribution in [2.75, 3.05) is 6.54 Å². The Morgan fingerprint density at radius 3 is 3.10 bits per heavy atom. The molecule has 2 aromatic rings. The highest BCUT2D eigenvalue weighted by Gasteiger charge is 2.37. The van der Waals surface area contributed by atoms with E-state index in [9.17, 15) is 13.5 Å². The summed E-state index contributed by atoms with van der Waals surface area (Å²) in [4.78, 5) is 6.39. The fourth-order valence-electron chi connectivity index (χ4n) is 2.73. The van der Waals surface area contributed by atoms with Gasteiger partial charge in [-0.25, -0.2) is 13.4 Å². The fraction of sp³-hybridized carbons (Fsp3) is 0.462. The number of aromatic nitrogens is 2. The Morgan fingerprint density at radius 2 is 2.43 bits per heavy atom. The van der Waals surface area contributed by atoms with Gasteiger partial charge in [0.1, 0.15) is 11.9 Å². The van der Waals surface area contributed by atoms with Crippen LogP contribution in [0.3, 0.4) is 0 Å².